The first-order chi connectivity index (χ1) is 8.58. The van der Waals surface area contributed by atoms with Crippen molar-refractivity contribution < 1.29 is 0 Å². The Balaban J connectivity index is 2.37. The van der Waals surface area contributed by atoms with Crippen molar-refractivity contribution in [2.75, 3.05) is 5.32 Å². The smallest absolute Gasteiger partial charge is 0.0992 e. The van der Waals surface area contributed by atoms with E-state index in [4.69, 9.17) is 28.5 Å². The number of hydrogen-bond acceptors (Lipinski definition) is 2. The Bertz CT molecular complexity index is 635. The number of anilines is 2. The maximum atomic E-state index is 8.91. The van der Waals surface area contributed by atoms with E-state index >= 15 is 0 Å². The number of nitriles is 1. The lowest BCUT2D eigenvalue weighted by molar-refractivity contribution is 1.46. The summed E-state index contributed by atoms with van der Waals surface area (Å²) in [5.41, 5.74) is 2.03. The summed E-state index contributed by atoms with van der Waals surface area (Å²) in [5.74, 6) is 0. The summed E-state index contributed by atoms with van der Waals surface area (Å²) in [4.78, 5) is 0. The van der Waals surface area contributed by atoms with Crippen molar-refractivity contribution in [3.05, 3.63) is 56.5 Å². The molecular weight excluding hydrogens is 335 g/mol. The third-order valence-corrected chi connectivity index (χ3v) is 3.26. The lowest BCUT2D eigenvalue weighted by atomic mass is 10.2. The SMILES string of the molecule is N#Cc1cc(Br)cc(Nc2cc(Cl)ccc2Cl)c1. The van der Waals surface area contributed by atoms with E-state index in [9.17, 15) is 0 Å². The van der Waals surface area contributed by atoms with Crippen LogP contribution in [0.25, 0.3) is 0 Å². The van der Waals surface area contributed by atoms with E-state index in [-0.39, 0.29) is 0 Å². The van der Waals surface area contributed by atoms with Crippen molar-refractivity contribution in [2.24, 2.45) is 0 Å². The standard InChI is InChI=1S/C13H7BrCl2N2/c14-9-3-8(7-17)4-11(5-9)18-13-6-10(15)1-2-12(13)16/h1-6,18H. The van der Waals surface area contributed by atoms with Gasteiger partial charge in [-0.25, -0.2) is 0 Å². The minimum Gasteiger partial charge on any atom is -0.354 e. The van der Waals surface area contributed by atoms with Crippen LogP contribution in [-0.4, -0.2) is 0 Å². The number of nitrogens with zero attached hydrogens (tertiary/aromatic N) is 1. The highest BCUT2D eigenvalue weighted by molar-refractivity contribution is 9.10. The Kier molecular flexibility index (Phi) is 4.13. The third-order valence-electron chi connectivity index (χ3n) is 2.23. The van der Waals surface area contributed by atoms with Gasteiger partial charge >= 0.3 is 0 Å². The second-order valence-corrected chi connectivity index (χ2v) is 5.35. The van der Waals surface area contributed by atoms with Gasteiger partial charge in [0.2, 0.25) is 0 Å². The molecular formula is C13H7BrCl2N2. The fraction of sp³-hybridized carbons (Fsp3) is 0. The van der Waals surface area contributed by atoms with Crippen LogP contribution in [0.5, 0.6) is 0 Å². The van der Waals surface area contributed by atoms with Crippen LogP contribution in [-0.2, 0) is 0 Å². The second kappa shape index (κ2) is 5.62. The lowest BCUT2D eigenvalue weighted by Gasteiger charge is -2.09. The summed E-state index contributed by atoms with van der Waals surface area (Å²) in [6.07, 6.45) is 0. The summed E-state index contributed by atoms with van der Waals surface area (Å²) < 4.78 is 0.821. The number of benzene rings is 2. The zero-order valence-electron chi connectivity index (χ0n) is 9.05. The molecule has 90 valence electrons. The fourth-order valence-corrected chi connectivity index (χ4v) is 2.31. The van der Waals surface area contributed by atoms with Gasteiger partial charge in [0.1, 0.15) is 0 Å². The molecule has 0 aliphatic rings. The molecule has 0 saturated heterocycles. The number of hydrogen-bond donors (Lipinski definition) is 1. The fourth-order valence-electron chi connectivity index (χ4n) is 1.48. The highest BCUT2D eigenvalue weighted by Gasteiger charge is 2.04. The molecule has 0 aliphatic heterocycles. The summed E-state index contributed by atoms with van der Waals surface area (Å²) >= 11 is 15.3. The third kappa shape index (κ3) is 3.17. The highest BCUT2D eigenvalue weighted by Crippen LogP contribution is 2.29. The van der Waals surface area contributed by atoms with Crippen molar-refractivity contribution in [3.63, 3.8) is 0 Å². The first-order valence-electron chi connectivity index (χ1n) is 5.01. The molecule has 0 spiro atoms. The Morgan fingerprint density at radius 2 is 1.89 bits per heavy atom. The van der Waals surface area contributed by atoms with Gasteiger partial charge in [-0.2, -0.15) is 5.26 Å². The van der Waals surface area contributed by atoms with Crippen molar-refractivity contribution in [3.8, 4) is 6.07 Å². The minimum absolute atomic E-state index is 0.560. The average Bonchev–Trinajstić information content (AvgIpc) is 2.33. The second-order valence-electron chi connectivity index (χ2n) is 3.59. The van der Waals surface area contributed by atoms with E-state index in [0.717, 1.165) is 10.2 Å². The van der Waals surface area contributed by atoms with Gasteiger partial charge in [-0.1, -0.05) is 39.1 Å². The van der Waals surface area contributed by atoms with Gasteiger partial charge in [0.15, 0.2) is 0 Å². The highest BCUT2D eigenvalue weighted by atomic mass is 79.9. The van der Waals surface area contributed by atoms with Crippen LogP contribution < -0.4 is 5.32 Å². The summed E-state index contributed by atoms with van der Waals surface area (Å²) in [5, 5.41) is 13.2. The van der Waals surface area contributed by atoms with E-state index in [2.05, 4.69) is 27.3 Å². The normalized spacial score (nSPS) is 9.89. The topological polar surface area (TPSA) is 35.8 Å². The van der Waals surface area contributed by atoms with E-state index in [1.54, 1.807) is 30.3 Å². The van der Waals surface area contributed by atoms with Gasteiger partial charge in [-0.05, 0) is 36.4 Å². The van der Waals surface area contributed by atoms with E-state index in [1.165, 1.54) is 0 Å². The molecule has 0 unspecified atom stereocenters. The first-order valence-corrected chi connectivity index (χ1v) is 6.56. The van der Waals surface area contributed by atoms with Crippen molar-refractivity contribution >= 4 is 50.5 Å². The molecule has 1 N–H and O–H groups in total. The van der Waals surface area contributed by atoms with Crippen LogP contribution in [0.2, 0.25) is 10.0 Å². The van der Waals surface area contributed by atoms with E-state index < -0.39 is 0 Å². The largest absolute Gasteiger partial charge is 0.354 e. The number of nitrogens with one attached hydrogen (secondary N) is 1. The lowest BCUT2D eigenvalue weighted by Crippen LogP contribution is -1.92. The Morgan fingerprint density at radius 3 is 2.61 bits per heavy atom. The van der Waals surface area contributed by atoms with Crippen LogP contribution in [0.3, 0.4) is 0 Å². The minimum atomic E-state index is 0.560. The van der Waals surface area contributed by atoms with Gasteiger partial charge in [0.25, 0.3) is 0 Å². The summed E-state index contributed by atoms with van der Waals surface area (Å²) in [6.45, 7) is 0. The Hall–Kier alpha value is -1.21. The van der Waals surface area contributed by atoms with Gasteiger partial charge in [-0.3, -0.25) is 0 Å². The Labute approximate surface area is 123 Å². The monoisotopic (exact) mass is 340 g/mol. The van der Waals surface area contributed by atoms with Crippen LogP contribution in [0.15, 0.2) is 40.9 Å². The van der Waals surface area contributed by atoms with Crippen molar-refractivity contribution in [1.29, 1.82) is 5.26 Å². The maximum absolute atomic E-state index is 8.91. The predicted molar refractivity (Wildman–Crippen MR) is 78.6 cm³/mol. The molecule has 0 radical (unpaired) electrons. The summed E-state index contributed by atoms with van der Waals surface area (Å²) in [6, 6.07) is 12.6. The molecule has 2 rings (SSSR count). The molecule has 5 heteroatoms. The zero-order valence-corrected chi connectivity index (χ0v) is 12.1. The van der Waals surface area contributed by atoms with E-state index in [1.807, 2.05) is 6.07 Å². The molecule has 0 saturated carbocycles. The maximum Gasteiger partial charge on any atom is 0.0992 e. The number of halogens is 3. The van der Waals surface area contributed by atoms with Crippen LogP contribution >= 0.6 is 39.1 Å². The van der Waals surface area contributed by atoms with Crippen molar-refractivity contribution in [1.82, 2.24) is 0 Å². The average molecular weight is 342 g/mol. The molecule has 0 fully saturated rings. The molecule has 0 amide bonds. The van der Waals surface area contributed by atoms with Crippen LogP contribution in [0.1, 0.15) is 5.56 Å². The van der Waals surface area contributed by atoms with Gasteiger partial charge in [0, 0.05) is 15.2 Å². The molecule has 0 heterocycles. The van der Waals surface area contributed by atoms with Gasteiger partial charge in [-0.15, -0.1) is 0 Å². The molecule has 2 aromatic rings. The molecule has 0 aromatic heterocycles. The molecule has 0 atom stereocenters. The summed E-state index contributed by atoms with van der Waals surface area (Å²) in [7, 11) is 0. The van der Waals surface area contributed by atoms with Crippen LogP contribution in [0, 0.1) is 11.3 Å². The number of rotatable bonds is 2. The first kappa shape index (κ1) is 13.2. The van der Waals surface area contributed by atoms with Gasteiger partial charge in [0.05, 0.1) is 22.3 Å². The van der Waals surface area contributed by atoms with E-state index in [0.29, 0.717) is 21.3 Å². The van der Waals surface area contributed by atoms with Gasteiger partial charge < -0.3 is 5.32 Å². The predicted octanol–water partition coefficient (Wildman–Crippen LogP) is 5.37. The van der Waals surface area contributed by atoms with Crippen molar-refractivity contribution in [2.45, 2.75) is 0 Å². The Morgan fingerprint density at radius 1 is 1.11 bits per heavy atom. The molecule has 18 heavy (non-hydrogen) atoms. The zero-order chi connectivity index (χ0) is 13.1. The molecule has 0 bridgehead atoms. The quantitative estimate of drug-likeness (QED) is 0.796. The molecule has 0 aliphatic carbocycles. The molecule has 2 nitrogen and oxygen atoms in total. The van der Waals surface area contributed by atoms with Crippen LogP contribution in [0.4, 0.5) is 11.4 Å². The molecule has 2 aromatic carbocycles.